The number of hydrogen-bond donors (Lipinski definition) is 1. The van der Waals surface area contributed by atoms with Crippen LogP contribution in [0.1, 0.15) is 11.5 Å². The van der Waals surface area contributed by atoms with E-state index in [2.05, 4.69) is 10.3 Å². The van der Waals surface area contributed by atoms with Gasteiger partial charge in [-0.05, 0) is 37.3 Å². The van der Waals surface area contributed by atoms with Crippen molar-refractivity contribution in [1.82, 2.24) is 4.98 Å². The minimum atomic E-state index is -0.196. The number of oxazole rings is 1. The van der Waals surface area contributed by atoms with Crippen molar-refractivity contribution >= 4 is 23.2 Å². The van der Waals surface area contributed by atoms with Crippen molar-refractivity contribution in [3.63, 3.8) is 0 Å². The van der Waals surface area contributed by atoms with Crippen molar-refractivity contribution in [2.75, 3.05) is 12.1 Å². The van der Waals surface area contributed by atoms with Gasteiger partial charge < -0.3 is 19.2 Å². The highest BCUT2D eigenvalue weighted by molar-refractivity contribution is 6.30. The maximum atomic E-state index is 12.3. The van der Waals surface area contributed by atoms with E-state index in [1.54, 1.807) is 37.3 Å². The van der Waals surface area contributed by atoms with Crippen LogP contribution in [0.4, 0.5) is 5.69 Å². The fraction of sp³-hybridized carbons (Fsp3) is 0.158. The SMILES string of the molecule is Cc1oc(-c2cccc(Cl)c2)nc1CC(=O)Nc1ccc2c(c1)OCO2. The van der Waals surface area contributed by atoms with Crippen molar-refractivity contribution in [3.8, 4) is 23.0 Å². The molecule has 1 aliphatic rings. The Labute approximate surface area is 154 Å². The number of ether oxygens (including phenoxy) is 2. The molecule has 132 valence electrons. The molecule has 0 saturated heterocycles. The second-order valence-corrected chi connectivity index (χ2v) is 6.26. The highest BCUT2D eigenvalue weighted by Crippen LogP contribution is 2.34. The van der Waals surface area contributed by atoms with Crippen molar-refractivity contribution in [2.24, 2.45) is 0 Å². The topological polar surface area (TPSA) is 73.6 Å². The van der Waals surface area contributed by atoms with Gasteiger partial charge >= 0.3 is 0 Å². The maximum absolute atomic E-state index is 12.3. The number of carbonyl (C=O) groups excluding carboxylic acids is 1. The summed E-state index contributed by atoms with van der Waals surface area (Å²) >= 11 is 6.00. The number of carbonyl (C=O) groups is 1. The smallest absolute Gasteiger partial charge is 0.231 e. The van der Waals surface area contributed by atoms with Crippen LogP contribution in [-0.2, 0) is 11.2 Å². The molecule has 0 unspecified atom stereocenters. The molecule has 7 heteroatoms. The van der Waals surface area contributed by atoms with Crippen LogP contribution < -0.4 is 14.8 Å². The molecule has 6 nitrogen and oxygen atoms in total. The third-order valence-electron chi connectivity index (χ3n) is 3.95. The molecule has 1 amide bonds. The maximum Gasteiger partial charge on any atom is 0.231 e. The van der Waals surface area contributed by atoms with Crippen molar-refractivity contribution in [3.05, 3.63) is 58.9 Å². The fourth-order valence-electron chi connectivity index (χ4n) is 2.67. The van der Waals surface area contributed by atoms with Crippen molar-refractivity contribution < 1.29 is 18.7 Å². The molecule has 1 N–H and O–H groups in total. The predicted molar refractivity (Wildman–Crippen MR) is 96.6 cm³/mol. The van der Waals surface area contributed by atoms with Gasteiger partial charge in [0, 0.05) is 22.3 Å². The van der Waals surface area contributed by atoms with Gasteiger partial charge in [-0.2, -0.15) is 0 Å². The lowest BCUT2D eigenvalue weighted by atomic mass is 10.2. The Morgan fingerprint density at radius 2 is 2.04 bits per heavy atom. The van der Waals surface area contributed by atoms with E-state index in [1.165, 1.54) is 0 Å². The van der Waals surface area contributed by atoms with E-state index in [0.717, 1.165) is 5.56 Å². The van der Waals surface area contributed by atoms with Gasteiger partial charge in [-0.1, -0.05) is 17.7 Å². The van der Waals surface area contributed by atoms with Gasteiger partial charge in [-0.25, -0.2) is 4.98 Å². The second-order valence-electron chi connectivity index (χ2n) is 5.83. The Kier molecular flexibility index (Phi) is 4.26. The zero-order valence-electron chi connectivity index (χ0n) is 13.9. The number of benzene rings is 2. The molecule has 0 atom stereocenters. The van der Waals surface area contributed by atoms with Crippen molar-refractivity contribution in [2.45, 2.75) is 13.3 Å². The number of amides is 1. The first-order valence-corrected chi connectivity index (χ1v) is 8.38. The molecule has 0 bridgehead atoms. The average molecular weight is 371 g/mol. The minimum Gasteiger partial charge on any atom is -0.454 e. The van der Waals surface area contributed by atoms with E-state index in [4.69, 9.17) is 25.5 Å². The number of fused-ring (bicyclic) bond motifs is 1. The Bertz CT molecular complexity index is 983. The highest BCUT2D eigenvalue weighted by atomic mass is 35.5. The summed E-state index contributed by atoms with van der Waals surface area (Å²) in [5.74, 6) is 2.12. The molecule has 3 aromatic rings. The van der Waals surface area contributed by atoms with Gasteiger partial charge in [0.2, 0.25) is 18.6 Å². The summed E-state index contributed by atoms with van der Waals surface area (Å²) in [6.45, 7) is 1.97. The summed E-state index contributed by atoms with van der Waals surface area (Å²) in [5, 5.41) is 3.43. The molecule has 2 aromatic carbocycles. The molecule has 2 heterocycles. The van der Waals surface area contributed by atoms with E-state index >= 15 is 0 Å². The van der Waals surface area contributed by atoms with Gasteiger partial charge in [-0.15, -0.1) is 0 Å². The van der Waals surface area contributed by atoms with Gasteiger partial charge in [-0.3, -0.25) is 4.79 Å². The molecule has 4 rings (SSSR count). The van der Waals surface area contributed by atoms with Gasteiger partial charge in [0.1, 0.15) is 5.76 Å². The quantitative estimate of drug-likeness (QED) is 0.744. The van der Waals surface area contributed by atoms with E-state index < -0.39 is 0 Å². The molecule has 0 spiro atoms. The number of aromatic nitrogens is 1. The number of halogens is 1. The van der Waals surface area contributed by atoms with Crippen LogP contribution in [-0.4, -0.2) is 17.7 Å². The highest BCUT2D eigenvalue weighted by Gasteiger charge is 2.17. The lowest BCUT2D eigenvalue weighted by Gasteiger charge is -2.05. The number of nitrogens with zero attached hydrogens (tertiary/aromatic N) is 1. The first kappa shape index (κ1) is 16.5. The molecule has 0 radical (unpaired) electrons. The van der Waals surface area contributed by atoms with Crippen LogP contribution in [0.15, 0.2) is 46.9 Å². The Morgan fingerprint density at radius 3 is 2.88 bits per heavy atom. The van der Waals surface area contributed by atoms with Crippen LogP contribution in [0.2, 0.25) is 5.02 Å². The predicted octanol–water partition coefficient (Wildman–Crippen LogP) is 4.21. The second kappa shape index (κ2) is 6.72. The summed E-state index contributed by atoms with van der Waals surface area (Å²) in [6, 6.07) is 12.5. The molecule has 0 saturated carbocycles. The van der Waals surface area contributed by atoms with Crippen molar-refractivity contribution in [1.29, 1.82) is 0 Å². The zero-order chi connectivity index (χ0) is 18.1. The third kappa shape index (κ3) is 3.36. The van der Waals surface area contributed by atoms with E-state index in [1.807, 2.05) is 12.1 Å². The van der Waals surface area contributed by atoms with E-state index in [0.29, 0.717) is 39.6 Å². The molecular weight excluding hydrogens is 356 g/mol. The number of nitrogens with one attached hydrogen (secondary N) is 1. The number of rotatable bonds is 4. The van der Waals surface area contributed by atoms with Crippen LogP contribution in [0, 0.1) is 6.92 Å². The molecule has 0 aliphatic carbocycles. The first-order chi connectivity index (χ1) is 12.6. The summed E-state index contributed by atoms with van der Waals surface area (Å²) in [6.07, 6.45) is 0.102. The first-order valence-electron chi connectivity index (χ1n) is 8.00. The third-order valence-corrected chi connectivity index (χ3v) is 4.18. The largest absolute Gasteiger partial charge is 0.454 e. The number of aryl methyl sites for hydroxylation is 1. The summed E-state index contributed by atoms with van der Waals surface area (Å²) in [5.41, 5.74) is 1.98. The summed E-state index contributed by atoms with van der Waals surface area (Å²) < 4.78 is 16.2. The zero-order valence-corrected chi connectivity index (χ0v) is 14.7. The molecule has 1 aromatic heterocycles. The molecular formula is C19H15ClN2O4. The lowest BCUT2D eigenvalue weighted by Crippen LogP contribution is -2.15. The standard InChI is InChI=1S/C19H15ClN2O4/c1-11-15(22-19(26-11)12-3-2-4-13(20)7-12)9-18(23)21-14-5-6-16-17(8-14)25-10-24-16/h2-8H,9-10H2,1H3,(H,21,23). The van der Waals surface area contributed by atoms with Crippen LogP contribution >= 0.6 is 11.6 Å². The summed E-state index contributed by atoms with van der Waals surface area (Å²) in [7, 11) is 0. The van der Waals surface area contributed by atoms with Crippen LogP contribution in [0.3, 0.4) is 0 Å². The van der Waals surface area contributed by atoms with E-state index in [-0.39, 0.29) is 19.1 Å². The Morgan fingerprint density at radius 1 is 1.19 bits per heavy atom. The van der Waals surface area contributed by atoms with Crippen LogP contribution in [0.5, 0.6) is 11.5 Å². The minimum absolute atomic E-state index is 0.102. The Balaban J connectivity index is 1.48. The fourth-order valence-corrected chi connectivity index (χ4v) is 2.86. The molecule has 0 fully saturated rings. The number of hydrogen-bond acceptors (Lipinski definition) is 5. The average Bonchev–Trinajstić information content (AvgIpc) is 3.21. The monoisotopic (exact) mass is 370 g/mol. The van der Waals surface area contributed by atoms with E-state index in [9.17, 15) is 4.79 Å². The molecule has 26 heavy (non-hydrogen) atoms. The lowest BCUT2D eigenvalue weighted by molar-refractivity contribution is -0.115. The van der Waals surface area contributed by atoms with Gasteiger partial charge in [0.25, 0.3) is 0 Å². The van der Waals surface area contributed by atoms with Gasteiger partial charge in [0.05, 0.1) is 12.1 Å². The summed E-state index contributed by atoms with van der Waals surface area (Å²) in [4.78, 5) is 16.8. The normalized spacial score (nSPS) is 12.2. The van der Waals surface area contributed by atoms with Crippen LogP contribution in [0.25, 0.3) is 11.5 Å². The number of anilines is 1. The molecule has 1 aliphatic heterocycles. The Hall–Kier alpha value is -2.99. The van der Waals surface area contributed by atoms with Gasteiger partial charge in [0.15, 0.2) is 11.5 Å².